The Morgan fingerprint density at radius 1 is 1.12 bits per heavy atom. The fraction of sp³-hybridized carbons (Fsp3) is 0.619. The summed E-state index contributed by atoms with van der Waals surface area (Å²) in [5, 5.41) is 2.96. The van der Waals surface area contributed by atoms with Crippen LogP contribution in [0.4, 0.5) is 5.69 Å². The zero-order chi connectivity index (χ0) is 18.7. The smallest absolute Gasteiger partial charge is 0.226 e. The van der Waals surface area contributed by atoms with Crippen molar-refractivity contribution in [2.45, 2.75) is 40.0 Å². The number of carbonyl (C=O) groups is 2. The van der Waals surface area contributed by atoms with E-state index in [0.29, 0.717) is 6.42 Å². The van der Waals surface area contributed by atoms with Crippen molar-refractivity contribution < 1.29 is 9.59 Å². The Kier molecular flexibility index (Phi) is 5.84. The van der Waals surface area contributed by atoms with Crippen molar-refractivity contribution in [2.24, 2.45) is 11.8 Å². The number of rotatable bonds is 6. The van der Waals surface area contributed by atoms with Gasteiger partial charge in [0.2, 0.25) is 11.8 Å². The maximum Gasteiger partial charge on any atom is 0.226 e. The Balaban J connectivity index is 1.49. The van der Waals surface area contributed by atoms with Crippen molar-refractivity contribution in [3.8, 4) is 0 Å². The van der Waals surface area contributed by atoms with Crippen LogP contribution < -0.4 is 10.2 Å². The topological polar surface area (TPSA) is 52.7 Å². The van der Waals surface area contributed by atoms with E-state index in [-0.39, 0.29) is 23.7 Å². The molecule has 5 heteroatoms. The number of anilines is 1. The van der Waals surface area contributed by atoms with E-state index in [0.717, 1.165) is 45.6 Å². The van der Waals surface area contributed by atoms with E-state index in [1.54, 1.807) is 0 Å². The van der Waals surface area contributed by atoms with Crippen molar-refractivity contribution in [1.29, 1.82) is 0 Å². The highest BCUT2D eigenvalue weighted by molar-refractivity contribution is 5.92. The third-order valence-electron chi connectivity index (χ3n) is 5.78. The summed E-state index contributed by atoms with van der Waals surface area (Å²) >= 11 is 0. The van der Waals surface area contributed by atoms with Crippen molar-refractivity contribution in [3.05, 3.63) is 29.3 Å². The molecular formula is C21H31N3O2. The Labute approximate surface area is 156 Å². The van der Waals surface area contributed by atoms with Gasteiger partial charge in [-0.1, -0.05) is 25.5 Å². The van der Waals surface area contributed by atoms with Gasteiger partial charge < -0.3 is 15.1 Å². The van der Waals surface area contributed by atoms with Gasteiger partial charge in [-0.3, -0.25) is 9.59 Å². The number of piperazine rings is 1. The molecule has 3 rings (SSSR count). The molecule has 2 amide bonds. The van der Waals surface area contributed by atoms with Gasteiger partial charge in [0.1, 0.15) is 0 Å². The fourth-order valence-electron chi connectivity index (χ4n) is 3.76. The SMILES string of the molecule is CCCCNC(=O)C1CC1C(=O)N1CCN(c2cccc(C)c2C)CC1. The first-order chi connectivity index (χ1) is 12.5. The molecule has 0 aromatic heterocycles. The molecule has 2 unspecified atom stereocenters. The Morgan fingerprint density at radius 2 is 1.85 bits per heavy atom. The van der Waals surface area contributed by atoms with Crippen LogP contribution in [0.1, 0.15) is 37.3 Å². The Morgan fingerprint density at radius 3 is 2.54 bits per heavy atom. The van der Waals surface area contributed by atoms with Gasteiger partial charge in [-0.2, -0.15) is 0 Å². The van der Waals surface area contributed by atoms with Crippen LogP contribution in [0, 0.1) is 25.7 Å². The lowest BCUT2D eigenvalue weighted by Crippen LogP contribution is -2.49. The van der Waals surface area contributed by atoms with E-state index in [1.165, 1.54) is 16.8 Å². The first kappa shape index (κ1) is 18.7. The second-order valence-electron chi connectivity index (χ2n) is 7.62. The average Bonchev–Trinajstić information content (AvgIpc) is 3.45. The van der Waals surface area contributed by atoms with E-state index in [9.17, 15) is 9.59 Å². The summed E-state index contributed by atoms with van der Waals surface area (Å²) in [5.41, 5.74) is 3.89. The molecule has 2 atom stereocenters. The minimum absolute atomic E-state index is 0.0609. The van der Waals surface area contributed by atoms with Gasteiger partial charge in [-0.15, -0.1) is 0 Å². The molecule has 5 nitrogen and oxygen atoms in total. The molecule has 1 saturated heterocycles. The van der Waals surface area contributed by atoms with Crippen LogP contribution in [0.25, 0.3) is 0 Å². The van der Waals surface area contributed by atoms with Gasteiger partial charge in [-0.25, -0.2) is 0 Å². The van der Waals surface area contributed by atoms with Gasteiger partial charge in [0, 0.05) is 38.4 Å². The lowest BCUT2D eigenvalue weighted by atomic mass is 10.1. The number of amides is 2. The fourth-order valence-corrected chi connectivity index (χ4v) is 3.76. The number of hydrogen-bond donors (Lipinski definition) is 1. The van der Waals surface area contributed by atoms with E-state index < -0.39 is 0 Å². The lowest BCUT2D eigenvalue weighted by molar-refractivity contribution is -0.135. The van der Waals surface area contributed by atoms with Crippen LogP contribution in [0.5, 0.6) is 0 Å². The highest BCUT2D eigenvalue weighted by Crippen LogP contribution is 2.40. The summed E-state index contributed by atoms with van der Waals surface area (Å²) in [5.74, 6) is 0.0346. The van der Waals surface area contributed by atoms with Crippen molar-refractivity contribution >= 4 is 17.5 Å². The molecule has 1 aliphatic carbocycles. The maximum absolute atomic E-state index is 12.7. The number of aryl methyl sites for hydroxylation is 1. The number of benzene rings is 1. The van der Waals surface area contributed by atoms with Crippen LogP contribution in [-0.4, -0.2) is 49.4 Å². The quantitative estimate of drug-likeness (QED) is 0.796. The van der Waals surface area contributed by atoms with E-state index in [1.807, 2.05) is 4.90 Å². The Bertz CT molecular complexity index is 665. The summed E-state index contributed by atoms with van der Waals surface area (Å²) in [4.78, 5) is 29.1. The van der Waals surface area contributed by atoms with E-state index >= 15 is 0 Å². The molecule has 2 fully saturated rings. The maximum atomic E-state index is 12.7. The monoisotopic (exact) mass is 357 g/mol. The molecule has 1 saturated carbocycles. The van der Waals surface area contributed by atoms with Gasteiger partial charge in [0.25, 0.3) is 0 Å². The molecule has 1 aromatic carbocycles. The Hall–Kier alpha value is -2.04. The summed E-state index contributed by atoms with van der Waals surface area (Å²) in [6.07, 6.45) is 2.78. The van der Waals surface area contributed by atoms with Crippen LogP contribution in [0.15, 0.2) is 18.2 Å². The summed E-state index contributed by atoms with van der Waals surface area (Å²) in [6.45, 7) is 10.3. The molecule has 1 N–H and O–H groups in total. The van der Waals surface area contributed by atoms with Crippen LogP contribution >= 0.6 is 0 Å². The van der Waals surface area contributed by atoms with Crippen LogP contribution in [0.2, 0.25) is 0 Å². The third-order valence-corrected chi connectivity index (χ3v) is 5.78. The highest BCUT2D eigenvalue weighted by Gasteiger charge is 2.49. The minimum Gasteiger partial charge on any atom is -0.368 e. The van der Waals surface area contributed by atoms with Crippen LogP contribution in [-0.2, 0) is 9.59 Å². The zero-order valence-corrected chi connectivity index (χ0v) is 16.3. The summed E-state index contributed by atoms with van der Waals surface area (Å²) in [6, 6.07) is 6.40. The van der Waals surface area contributed by atoms with Gasteiger partial charge >= 0.3 is 0 Å². The molecule has 2 aliphatic rings. The van der Waals surface area contributed by atoms with Crippen molar-refractivity contribution in [2.75, 3.05) is 37.6 Å². The molecule has 1 heterocycles. The molecule has 0 spiro atoms. The second-order valence-corrected chi connectivity index (χ2v) is 7.62. The summed E-state index contributed by atoms with van der Waals surface area (Å²) < 4.78 is 0. The molecular weight excluding hydrogens is 326 g/mol. The predicted octanol–water partition coefficient (Wildman–Crippen LogP) is 2.50. The normalized spacial score (nSPS) is 22.3. The van der Waals surface area contributed by atoms with Gasteiger partial charge in [0.05, 0.1) is 11.8 Å². The molecule has 1 aromatic rings. The molecule has 0 radical (unpaired) electrons. The zero-order valence-electron chi connectivity index (χ0n) is 16.3. The first-order valence-electron chi connectivity index (χ1n) is 9.90. The van der Waals surface area contributed by atoms with E-state index in [4.69, 9.17) is 0 Å². The standard InChI is InChI=1S/C21H31N3O2/c1-4-5-9-22-20(25)17-14-18(17)21(26)24-12-10-23(11-13-24)19-8-6-7-15(2)16(19)3/h6-8,17-18H,4-5,9-14H2,1-3H3,(H,22,25). The van der Waals surface area contributed by atoms with Gasteiger partial charge in [0.15, 0.2) is 0 Å². The molecule has 0 bridgehead atoms. The van der Waals surface area contributed by atoms with Crippen LogP contribution in [0.3, 0.4) is 0 Å². The highest BCUT2D eigenvalue weighted by atomic mass is 16.2. The summed E-state index contributed by atoms with van der Waals surface area (Å²) in [7, 11) is 0. The number of carbonyl (C=O) groups excluding carboxylic acids is 2. The van der Waals surface area contributed by atoms with Crippen molar-refractivity contribution in [1.82, 2.24) is 10.2 Å². The molecule has 1 aliphatic heterocycles. The number of nitrogens with one attached hydrogen (secondary N) is 1. The molecule has 26 heavy (non-hydrogen) atoms. The lowest BCUT2D eigenvalue weighted by Gasteiger charge is -2.37. The first-order valence-corrected chi connectivity index (χ1v) is 9.90. The van der Waals surface area contributed by atoms with Gasteiger partial charge in [-0.05, 0) is 43.9 Å². The number of unbranched alkanes of at least 4 members (excludes halogenated alkanes) is 1. The third kappa shape index (κ3) is 4.02. The van der Waals surface area contributed by atoms with Crippen molar-refractivity contribution in [3.63, 3.8) is 0 Å². The van der Waals surface area contributed by atoms with E-state index in [2.05, 4.69) is 49.2 Å². The largest absolute Gasteiger partial charge is 0.368 e. The average molecular weight is 357 g/mol. The predicted molar refractivity (Wildman–Crippen MR) is 104 cm³/mol. The number of nitrogens with zero attached hydrogens (tertiary/aromatic N) is 2. The second kappa shape index (κ2) is 8.11. The molecule has 142 valence electrons. The minimum atomic E-state index is -0.101. The number of hydrogen-bond acceptors (Lipinski definition) is 3.